The molecule has 15 heavy (non-hydrogen) atoms. The van der Waals surface area contributed by atoms with Gasteiger partial charge in [-0.3, -0.25) is 4.79 Å². The van der Waals surface area contributed by atoms with Crippen LogP contribution in [0.1, 0.15) is 32.6 Å². The van der Waals surface area contributed by atoms with E-state index in [1.54, 1.807) is 6.08 Å². The van der Waals surface area contributed by atoms with Crippen LogP contribution in [-0.2, 0) is 4.79 Å². The molecule has 0 fully saturated rings. The molecule has 0 saturated heterocycles. The quantitative estimate of drug-likeness (QED) is 0.491. The second-order valence-corrected chi connectivity index (χ2v) is 3.99. The lowest BCUT2D eigenvalue weighted by atomic mass is 10.2. The highest BCUT2D eigenvalue weighted by atomic mass is 16.1. The van der Waals surface area contributed by atoms with E-state index in [1.165, 1.54) is 12.8 Å². The number of nitrogens with zero attached hydrogens (tertiary/aromatic N) is 1. The summed E-state index contributed by atoms with van der Waals surface area (Å²) in [6.45, 7) is 3.94. The van der Waals surface area contributed by atoms with Gasteiger partial charge in [-0.15, -0.1) is 0 Å². The van der Waals surface area contributed by atoms with Gasteiger partial charge in [0.05, 0.1) is 0 Å². The van der Waals surface area contributed by atoms with Crippen molar-refractivity contribution in [3.05, 3.63) is 12.2 Å². The SMILES string of the molecule is CCCCCNC(=O)C=CCCN(C)C. The van der Waals surface area contributed by atoms with E-state index in [0.717, 1.165) is 25.9 Å². The van der Waals surface area contributed by atoms with Crippen molar-refractivity contribution < 1.29 is 4.79 Å². The van der Waals surface area contributed by atoms with Crippen molar-refractivity contribution >= 4 is 5.91 Å². The van der Waals surface area contributed by atoms with E-state index in [-0.39, 0.29) is 5.91 Å². The minimum absolute atomic E-state index is 0.0323. The van der Waals surface area contributed by atoms with Crippen LogP contribution in [0.3, 0.4) is 0 Å². The van der Waals surface area contributed by atoms with Crippen LogP contribution in [0.15, 0.2) is 12.2 Å². The second-order valence-electron chi connectivity index (χ2n) is 3.99. The van der Waals surface area contributed by atoms with Crippen LogP contribution in [0.5, 0.6) is 0 Å². The van der Waals surface area contributed by atoms with Gasteiger partial charge >= 0.3 is 0 Å². The maximum Gasteiger partial charge on any atom is 0.243 e. The zero-order valence-electron chi connectivity index (χ0n) is 10.3. The molecular formula is C12H24N2O. The van der Waals surface area contributed by atoms with Gasteiger partial charge in [0.25, 0.3) is 0 Å². The minimum Gasteiger partial charge on any atom is -0.353 e. The summed E-state index contributed by atoms with van der Waals surface area (Å²) in [5.74, 6) is 0.0323. The Bertz CT molecular complexity index is 188. The highest BCUT2D eigenvalue weighted by molar-refractivity contribution is 5.87. The van der Waals surface area contributed by atoms with Crippen molar-refractivity contribution in [3.8, 4) is 0 Å². The molecule has 0 radical (unpaired) electrons. The summed E-state index contributed by atoms with van der Waals surface area (Å²) in [6, 6.07) is 0. The highest BCUT2D eigenvalue weighted by Gasteiger charge is 1.93. The Hall–Kier alpha value is -0.830. The van der Waals surface area contributed by atoms with Crippen LogP contribution in [0.4, 0.5) is 0 Å². The lowest BCUT2D eigenvalue weighted by Gasteiger charge is -2.05. The molecule has 0 aromatic rings. The summed E-state index contributed by atoms with van der Waals surface area (Å²) in [4.78, 5) is 13.3. The topological polar surface area (TPSA) is 32.3 Å². The Morgan fingerprint density at radius 1 is 1.33 bits per heavy atom. The smallest absolute Gasteiger partial charge is 0.243 e. The normalized spacial score (nSPS) is 11.2. The highest BCUT2D eigenvalue weighted by Crippen LogP contribution is 1.91. The van der Waals surface area contributed by atoms with E-state index in [0.29, 0.717) is 0 Å². The van der Waals surface area contributed by atoms with Gasteiger partial charge in [0.2, 0.25) is 5.91 Å². The maximum absolute atomic E-state index is 11.2. The molecule has 3 heteroatoms. The number of unbranched alkanes of at least 4 members (excludes halogenated alkanes) is 2. The molecule has 0 aliphatic carbocycles. The fourth-order valence-corrected chi connectivity index (χ4v) is 1.17. The first-order chi connectivity index (χ1) is 7.16. The molecule has 88 valence electrons. The number of carbonyl (C=O) groups excluding carboxylic acids is 1. The van der Waals surface area contributed by atoms with Gasteiger partial charge < -0.3 is 10.2 Å². The Morgan fingerprint density at radius 2 is 2.07 bits per heavy atom. The summed E-state index contributed by atoms with van der Waals surface area (Å²) >= 11 is 0. The molecule has 0 saturated carbocycles. The molecule has 0 aromatic carbocycles. The third-order valence-electron chi connectivity index (χ3n) is 2.09. The molecule has 0 spiro atoms. The van der Waals surface area contributed by atoms with Crippen molar-refractivity contribution in [3.63, 3.8) is 0 Å². The molecule has 0 heterocycles. The molecule has 0 aliphatic heterocycles. The Labute approximate surface area is 93.5 Å². The zero-order chi connectivity index (χ0) is 11.5. The van der Waals surface area contributed by atoms with Crippen molar-refractivity contribution in [2.45, 2.75) is 32.6 Å². The first-order valence-corrected chi connectivity index (χ1v) is 5.76. The summed E-state index contributed by atoms with van der Waals surface area (Å²) in [6.07, 6.45) is 7.94. The van der Waals surface area contributed by atoms with E-state index >= 15 is 0 Å². The summed E-state index contributed by atoms with van der Waals surface area (Å²) in [5, 5.41) is 2.87. The minimum atomic E-state index is 0.0323. The van der Waals surface area contributed by atoms with Gasteiger partial charge in [-0.2, -0.15) is 0 Å². The lowest BCUT2D eigenvalue weighted by molar-refractivity contribution is -0.116. The van der Waals surface area contributed by atoms with E-state index in [4.69, 9.17) is 0 Å². The Morgan fingerprint density at radius 3 is 2.67 bits per heavy atom. The number of rotatable bonds is 8. The van der Waals surface area contributed by atoms with Crippen LogP contribution < -0.4 is 5.32 Å². The third-order valence-corrected chi connectivity index (χ3v) is 2.09. The standard InChI is InChI=1S/C12H24N2O/c1-4-5-7-10-13-12(15)9-6-8-11-14(2)3/h6,9H,4-5,7-8,10-11H2,1-3H3,(H,13,15). The fraction of sp³-hybridized carbons (Fsp3) is 0.750. The molecule has 0 rings (SSSR count). The largest absolute Gasteiger partial charge is 0.353 e. The van der Waals surface area contributed by atoms with Crippen LogP contribution in [0, 0.1) is 0 Å². The monoisotopic (exact) mass is 212 g/mol. The molecule has 3 nitrogen and oxygen atoms in total. The lowest BCUT2D eigenvalue weighted by Crippen LogP contribution is -2.22. The van der Waals surface area contributed by atoms with Crippen molar-refractivity contribution in [2.24, 2.45) is 0 Å². The predicted molar refractivity (Wildman–Crippen MR) is 64.8 cm³/mol. The van der Waals surface area contributed by atoms with Crippen molar-refractivity contribution in [1.29, 1.82) is 0 Å². The van der Waals surface area contributed by atoms with Gasteiger partial charge in [-0.05, 0) is 33.0 Å². The van der Waals surface area contributed by atoms with E-state index in [9.17, 15) is 4.79 Å². The number of hydrogen-bond acceptors (Lipinski definition) is 2. The third kappa shape index (κ3) is 11.1. The molecule has 0 bridgehead atoms. The second kappa shape index (κ2) is 9.71. The van der Waals surface area contributed by atoms with Gasteiger partial charge in [0, 0.05) is 13.1 Å². The Kier molecular flexibility index (Phi) is 9.18. The molecule has 0 aromatic heterocycles. The first kappa shape index (κ1) is 14.2. The molecule has 0 unspecified atom stereocenters. The first-order valence-electron chi connectivity index (χ1n) is 5.76. The molecule has 0 atom stereocenters. The summed E-state index contributed by atoms with van der Waals surface area (Å²) in [7, 11) is 4.05. The van der Waals surface area contributed by atoms with E-state index in [1.807, 2.05) is 20.2 Å². The number of hydrogen-bond donors (Lipinski definition) is 1. The molecule has 1 amide bonds. The van der Waals surface area contributed by atoms with E-state index < -0.39 is 0 Å². The van der Waals surface area contributed by atoms with Crippen LogP contribution in [-0.4, -0.2) is 38.0 Å². The molecular weight excluding hydrogens is 188 g/mol. The molecule has 0 aliphatic rings. The Balaban J connectivity index is 3.39. The summed E-state index contributed by atoms with van der Waals surface area (Å²) < 4.78 is 0. The van der Waals surface area contributed by atoms with Crippen molar-refractivity contribution in [2.75, 3.05) is 27.2 Å². The van der Waals surface area contributed by atoms with Gasteiger partial charge in [0.15, 0.2) is 0 Å². The van der Waals surface area contributed by atoms with Crippen LogP contribution in [0.25, 0.3) is 0 Å². The molecule has 1 N–H and O–H groups in total. The predicted octanol–water partition coefficient (Wildman–Crippen LogP) is 1.80. The zero-order valence-corrected chi connectivity index (χ0v) is 10.3. The van der Waals surface area contributed by atoms with Crippen LogP contribution in [0.2, 0.25) is 0 Å². The van der Waals surface area contributed by atoms with Gasteiger partial charge in [-0.1, -0.05) is 25.8 Å². The van der Waals surface area contributed by atoms with Gasteiger partial charge in [0.1, 0.15) is 0 Å². The number of nitrogens with one attached hydrogen (secondary N) is 1. The fourth-order valence-electron chi connectivity index (χ4n) is 1.17. The summed E-state index contributed by atoms with van der Waals surface area (Å²) in [5.41, 5.74) is 0. The van der Waals surface area contributed by atoms with Crippen LogP contribution >= 0.6 is 0 Å². The average molecular weight is 212 g/mol. The average Bonchev–Trinajstić information content (AvgIpc) is 2.19. The van der Waals surface area contributed by atoms with Crippen molar-refractivity contribution in [1.82, 2.24) is 10.2 Å². The number of amides is 1. The van der Waals surface area contributed by atoms with E-state index in [2.05, 4.69) is 17.1 Å². The number of carbonyl (C=O) groups is 1. The maximum atomic E-state index is 11.2. The van der Waals surface area contributed by atoms with Gasteiger partial charge in [-0.25, -0.2) is 0 Å².